The summed E-state index contributed by atoms with van der Waals surface area (Å²) >= 11 is 0. The highest BCUT2D eigenvalue weighted by atomic mass is 16.2. The Hall–Kier alpha value is -1.08. The molecule has 2 rings (SSSR count). The number of carbonyl (C=O) groups excluding carboxylic acids is 1. The van der Waals surface area contributed by atoms with Crippen molar-refractivity contribution in [2.45, 2.75) is 38.6 Å². The molecule has 1 amide bonds. The number of piperazine rings is 1. The zero-order chi connectivity index (χ0) is 11.6. The van der Waals surface area contributed by atoms with Gasteiger partial charge in [-0.05, 0) is 12.8 Å². The van der Waals surface area contributed by atoms with Crippen LogP contribution < -0.4 is 5.32 Å². The quantitative estimate of drug-likeness (QED) is 0.715. The molecule has 1 aliphatic carbocycles. The Balaban J connectivity index is 2.10. The fourth-order valence-electron chi connectivity index (χ4n) is 2.78. The number of rotatable bonds is 1. The number of nitriles is 1. The third kappa shape index (κ3) is 1.92. The van der Waals surface area contributed by atoms with E-state index in [0.29, 0.717) is 13.1 Å². The smallest absolute Gasteiger partial charge is 0.229 e. The maximum atomic E-state index is 12.4. The second kappa shape index (κ2) is 4.42. The molecule has 1 saturated heterocycles. The molecule has 88 valence electrons. The number of nitrogens with zero attached hydrogens (tertiary/aromatic N) is 2. The van der Waals surface area contributed by atoms with Gasteiger partial charge in [0, 0.05) is 25.0 Å². The molecule has 1 saturated carbocycles. The van der Waals surface area contributed by atoms with Gasteiger partial charge in [0.25, 0.3) is 0 Å². The molecule has 1 heterocycles. The van der Waals surface area contributed by atoms with Gasteiger partial charge in [-0.2, -0.15) is 5.26 Å². The first-order valence-electron chi connectivity index (χ1n) is 6.09. The Morgan fingerprint density at radius 3 is 2.81 bits per heavy atom. The molecule has 0 aromatic rings. The lowest BCUT2D eigenvalue weighted by molar-refractivity contribution is -0.143. The van der Waals surface area contributed by atoms with E-state index in [4.69, 9.17) is 5.26 Å². The van der Waals surface area contributed by atoms with E-state index in [1.165, 1.54) is 0 Å². The second-order valence-electron chi connectivity index (χ2n) is 5.12. The number of nitrogens with one attached hydrogen (secondary N) is 1. The van der Waals surface area contributed by atoms with E-state index in [-0.39, 0.29) is 17.4 Å². The Labute approximate surface area is 96.6 Å². The first kappa shape index (κ1) is 11.4. The van der Waals surface area contributed by atoms with Gasteiger partial charge in [-0.15, -0.1) is 0 Å². The van der Waals surface area contributed by atoms with Gasteiger partial charge in [-0.3, -0.25) is 4.79 Å². The van der Waals surface area contributed by atoms with E-state index in [0.717, 1.165) is 32.2 Å². The molecule has 16 heavy (non-hydrogen) atoms. The minimum Gasteiger partial charge on any atom is -0.324 e. The van der Waals surface area contributed by atoms with Crippen LogP contribution in [0.4, 0.5) is 0 Å². The van der Waals surface area contributed by atoms with Crippen LogP contribution in [0.25, 0.3) is 0 Å². The lowest BCUT2D eigenvalue weighted by Gasteiger charge is -2.37. The topological polar surface area (TPSA) is 56.1 Å². The first-order chi connectivity index (χ1) is 7.67. The Kier molecular flexibility index (Phi) is 3.15. The van der Waals surface area contributed by atoms with E-state index in [2.05, 4.69) is 18.3 Å². The Morgan fingerprint density at radius 2 is 2.19 bits per heavy atom. The number of hydrogen-bond acceptors (Lipinski definition) is 3. The van der Waals surface area contributed by atoms with Gasteiger partial charge in [-0.25, -0.2) is 0 Å². The van der Waals surface area contributed by atoms with Crippen molar-refractivity contribution < 1.29 is 4.79 Å². The standard InChI is InChI=1S/C12H19N3O/c1-12(4-2-3-5-12)11(16)15-7-6-14-9-10(15)8-13/h10,14H,2-7,9H2,1H3. The van der Waals surface area contributed by atoms with Crippen molar-refractivity contribution in [1.29, 1.82) is 5.26 Å². The maximum Gasteiger partial charge on any atom is 0.229 e. The largest absolute Gasteiger partial charge is 0.324 e. The minimum absolute atomic E-state index is 0.193. The number of amides is 1. The Morgan fingerprint density at radius 1 is 1.50 bits per heavy atom. The molecule has 0 spiro atoms. The van der Waals surface area contributed by atoms with Crippen LogP contribution in [-0.2, 0) is 4.79 Å². The van der Waals surface area contributed by atoms with Gasteiger partial charge in [-0.1, -0.05) is 19.8 Å². The summed E-state index contributed by atoms with van der Waals surface area (Å²) in [5.74, 6) is 0.193. The molecule has 4 nitrogen and oxygen atoms in total. The van der Waals surface area contributed by atoms with Crippen LogP contribution in [0.3, 0.4) is 0 Å². The summed E-state index contributed by atoms with van der Waals surface area (Å²) in [5.41, 5.74) is -0.202. The van der Waals surface area contributed by atoms with Crippen molar-refractivity contribution >= 4 is 5.91 Å². The molecule has 2 fully saturated rings. The molecule has 0 aromatic heterocycles. The predicted octanol–water partition coefficient (Wildman–Crippen LogP) is 0.891. The highest BCUT2D eigenvalue weighted by Gasteiger charge is 2.41. The molecule has 0 bridgehead atoms. The molecule has 1 unspecified atom stereocenters. The van der Waals surface area contributed by atoms with Gasteiger partial charge in [0.15, 0.2) is 0 Å². The highest BCUT2D eigenvalue weighted by molar-refractivity contribution is 5.83. The van der Waals surface area contributed by atoms with Crippen molar-refractivity contribution in [2.75, 3.05) is 19.6 Å². The van der Waals surface area contributed by atoms with Crippen LogP contribution >= 0.6 is 0 Å². The van der Waals surface area contributed by atoms with Crippen LogP contribution in [0.15, 0.2) is 0 Å². The lowest BCUT2D eigenvalue weighted by Crippen LogP contribution is -2.56. The van der Waals surface area contributed by atoms with Crippen LogP contribution in [0.1, 0.15) is 32.6 Å². The molecular formula is C12H19N3O. The van der Waals surface area contributed by atoms with E-state index in [1.807, 2.05) is 0 Å². The van der Waals surface area contributed by atoms with Crippen molar-refractivity contribution in [3.8, 4) is 6.07 Å². The van der Waals surface area contributed by atoms with E-state index in [9.17, 15) is 4.79 Å². The minimum atomic E-state index is -0.279. The van der Waals surface area contributed by atoms with Crippen molar-refractivity contribution in [1.82, 2.24) is 10.2 Å². The molecule has 0 aromatic carbocycles. The van der Waals surface area contributed by atoms with Crippen LogP contribution in [0, 0.1) is 16.7 Å². The fraction of sp³-hybridized carbons (Fsp3) is 0.833. The summed E-state index contributed by atoms with van der Waals surface area (Å²) in [5, 5.41) is 12.2. The number of hydrogen-bond donors (Lipinski definition) is 1. The lowest BCUT2D eigenvalue weighted by atomic mass is 9.86. The molecule has 4 heteroatoms. The summed E-state index contributed by atoms with van der Waals surface area (Å²) in [4.78, 5) is 14.2. The third-order valence-corrected chi connectivity index (χ3v) is 3.88. The SMILES string of the molecule is CC1(C(=O)N2CCNCC2C#N)CCCC1. The zero-order valence-electron chi connectivity index (χ0n) is 9.83. The Bertz CT molecular complexity index is 315. The summed E-state index contributed by atoms with van der Waals surface area (Å²) in [7, 11) is 0. The number of carbonyl (C=O) groups is 1. The molecule has 1 aliphatic heterocycles. The summed E-state index contributed by atoms with van der Waals surface area (Å²) in [6.07, 6.45) is 4.25. The molecule has 1 N–H and O–H groups in total. The maximum absolute atomic E-state index is 12.4. The normalized spacial score (nSPS) is 28.8. The summed E-state index contributed by atoms with van der Waals surface area (Å²) < 4.78 is 0. The average Bonchev–Trinajstić information content (AvgIpc) is 2.76. The van der Waals surface area contributed by atoms with E-state index < -0.39 is 0 Å². The van der Waals surface area contributed by atoms with Crippen LogP contribution in [0.2, 0.25) is 0 Å². The van der Waals surface area contributed by atoms with Gasteiger partial charge in [0.1, 0.15) is 6.04 Å². The first-order valence-corrected chi connectivity index (χ1v) is 6.09. The highest BCUT2D eigenvalue weighted by Crippen LogP contribution is 2.39. The van der Waals surface area contributed by atoms with Gasteiger partial charge in [0.05, 0.1) is 6.07 Å². The monoisotopic (exact) mass is 221 g/mol. The third-order valence-electron chi connectivity index (χ3n) is 3.88. The fourth-order valence-corrected chi connectivity index (χ4v) is 2.78. The molecular weight excluding hydrogens is 202 g/mol. The van der Waals surface area contributed by atoms with E-state index >= 15 is 0 Å². The van der Waals surface area contributed by atoms with Crippen molar-refractivity contribution in [2.24, 2.45) is 5.41 Å². The van der Waals surface area contributed by atoms with E-state index in [1.54, 1.807) is 4.90 Å². The summed E-state index contributed by atoms with van der Waals surface area (Å²) in [6, 6.07) is 1.94. The zero-order valence-corrected chi connectivity index (χ0v) is 9.83. The molecule has 2 aliphatic rings. The summed E-state index contributed by atoms with van der Waals surface area (Å²) in [6.45, 7) is 4.14. The van der Waals surface area contributed by atoms with Crippen molar-refractivity contribution in [3.05, 3.63) is 0 Å². The van der Waals surface area contributed by atoms with Gasteiger partial charge < -0.3 is 10.2 Å². The van der Waals surface area contributed by atoms with Crippen molar-refractivity contribution in [3.63, 3.8) is 0 Å². The van der Waals surface area contributed by atoms with Gasteiger partial charge >= 0.3 is 0 Å². The van der Waals surface area contributed by atoms with Crippen LogP contribution in [0.5, 0.6) is 0 Å². The second-order valence-corrected chi connectivity index (χ2v) is 5.12. The average molecular weight is 221 g/mol. The van der Waals surface area contributed by atoms with Gasteiger partial charge in [0.2, 0.25) is 5.91 Å². The van der Waals surface area contributed by atoms with Crippen LogP contribution in [-0.4, -0.2) is 36.5 Å². The molecule has 0 radical (unpaired) electrons. The predicted molar refractivity (Wildman–Crippen MR) is 60.6 cm³/mol. The molecule has 1 atom stereocenters.